The number of benzene rings is 1. The highest BCUT2D eigenvalue weighted by Gasteiger charge is 2.24. The Labute approximate surface area is 104 Å². The van der Waals surface area contributed by atoms with Crippen molar-refractivity contribution in [3.8, 4) is 0 Å². The number of rotatable bonds is 2. The molecule has 0 aliphatic carbocycles. The van der Waals surface area contributed by atoms with Gasteiger partial charge in [0.25, 0.3) is 0 Å². The molecule has 1 saturated heterocycles. The Morgan fingerprint density at radius 3 is 2.82 bits per heavy atom. The van der Waals surface area contributed by atoms with E-state index in [-0.39, 0.29) is 16.5 Å². The zero-order chi connectivity index (χ0) is 12.4. The second kappa shape index (κ2) is 4.79. The molecule has 0 bridgehead atoms. The van der Waals surface area contributed by atoms with E-state index in [9.17, 15) is 9.18 Å². The van der Waals surface area contributed by atoms with Crippen molar-refractivity contribution < 1.29 is 9.18 Å². The summed E-state index contributed by atoms with van der Waals surface area (Å²) in [5, 5.41) is 0. The Hall–Kier alpha value is -1.49. The molecule has 0 saturated carbocycles. The molecule has 1 aliphatic rings. The lowest BCUT2D eigenvalue weighted by molar-refractivity contribution is -0.119. The number of hydrogen-bond acceptors (Lipinski definition) is 2. The summed E-state index contributed by atoms with van der Waals surface area (Å²) < 4.78 is 13.7. The van der Waals surface area contributed by atoms with Crippen LogP contribution in [0.2, 0.25) is 0 Å². The lowest BCUT2D eigenvalue weighted by Gasteiger charge is -2.28. The van der Waals surface area contributed by atoms with E-state index in [0.717, 1.165) is 12.8 Å². The van der Waals surface area contributed by atoms with Gasteiger partial charge in [0.1, 0.15) is 10.8 Å². The van der Waals surface area contributed by atoms with Gasteiger partial charge in [-0.15, -0.1) is 0 Å². The molecule has 2 rings (SSSR count). The van der Waals surface area contributed by atoms with Crippen molar-refractivity contribution in [1.29, 1.82) is 0 Å². The summed E-state index contributed by atoms with van der Waals surface area (Å²) in [6.07, 6.45) is 2.29. The van der Waals surface area contributed by atoms with E-state index in [1.54, 1.807) is 17.0 Å². The standard InChI is InChI=1S/C12H13FN2OS/c13-8-4-3-5-9(11(8)12(14)17)15-7-2-1-6-10(15)16/h3-5H,1-2,6-7H2,(H2,14,17). The topological polar surface area (TPSA) is 46.3 Å². The molecule has 1 aliphatic heterocycles. The van der Waals surface area contributed by atoms with Crippen molar-refractivity contribution in [2.24, 2.45) is 5.73 Å². The molecule has 0 spiro atoms. The maximum Gasteiger partial charge on any atom is 0.226 e. The summed E-state index contributed by atoms with van der Waals surface area (Å²) in [5.41, 5.74) is 6.17. The van der Waals surface area contributed by atoms with E-state index in [1.165, 1.54) is 6.07 Å². The van der Waals surface area contributed by atoms with Gasteiger partial charge < -0.3 is 10.6 Å². The van der Waals surface area contributed by atoms with Gasteiger partial charge in [0.05, 0.1) is 11.3 Å². The minimum absolute atomic E-state index is 0.000602. The van der Waals surface area contributed by atoms with Crippen molar-refractivity contribution in [2.45, 2.75) is 19.3 Å². The minimum Gasteiger partial charge on any atom is -0.389 e. The molecule has 90 valence electrons. The van der Waals surface area contributed by atoms with Crippen LogP contribution in [0.1, 0.15) is 24.8 Å². The number of amides is 1. The van der Waals surface area contributed by atoms with Crippen LogP contribution in [0, 0.1) is 5.82 Å². The predicted octanol–water partition coefficient (Wildman–Crippen LogP) is 1.98. The zero-order valence-electron chi connectivity index (χ0n) is 9.28. The molecular weight excluding hydrogens is 239 g/mol. The van der Waals surface area contributed by atoms with Gasteiger partial charge in [0, 0.05) is 13.0 Å². The molecule has 5 heteroatoms. The maximum absolute atomic E-state index is 13.7. The van der Waals surface area contributed by atoms with E-state index in [0.29, 0.717) is 18.7 Å². The highest BCUT2D eigenvalue weighted by molar-refractivity contribution is 7.80. The molecule has 1 amide bonds. The van der Waals surface area contributed by atoms with Crippen LogP contribution in [0.5, 0.6) is 0 Å². The number of hydrogen-bond donors (Lipinski definition) is 1. The number of anilines is 1. The number of nitrogens with zero attached hydrogens (tertiary/aromatic N) is 1. The second-order valence-electron chi connectivity index (χ2n) is 4.00. The second-order valence-corrected chi connectivity index (χ2v) is 4.44. The summed E-state index contributed by atoms with van der Waals surface area (Å²) >= 11 is 4.84. The van der Waals surface area contributed by atoms with Crippen LogP contribution in [0.25, 0.3) is 0 Å². The summed E-state index contributed by atoms with van der Waals surface area (Å²) in [7, 11) is 0. The van der Waals surface area contributed by atoms with Crippen molar-refractivity contribution in [2.75, 3.05) is 11.4 Å². The minimum atomic E-state index is -0.478. The highest BCUT2D eigenvalue weighted by atomic mass is 32.1. The van der Waals surface area contributed by atoms with Crippen LogP contribution in [0.4, 0.5) is 10.1 Å². The van der Waals surface area contributed by atoms with Crippen LogP contribution in [-0.4, -0.2) is 17.4 Å². The maximum atomic E-state index is 13.7. The van der Waals surface area contributed by atoms with Gasteiger partial charge in [0.2, 0.25) is 5.91 Å². The van der Waals surface area contributed by atoms with E-state index >= 15 is 0 Å². The van der Waals surface area contributed by atoms with E-state index in [2.05, 4.69) is 0 Å². The molecule has 1 fully saturated rings. The molecule has 0 atom stereocenters. The van der Waals surface area contributed by atoms with Crippen molar-refractivity contribution in [1.82, 2.24) is 0 Å². The summed E-state index contributed by atoms with van der Waals surface area (Å²) in [5.74, 6) is -0.479. The first-order valence-electron chi connectivity index (χ1n) is 5.50. The molecule has 0 aromatic heterocycles. The number of carbonyl (C=O) groups is 1. The summed E-state index contributed by atoms with van der Waals surface area (Å²) in [6.45, 7) is 0.595. The van der Waals surface area contributed by atoms with E-state index < -0.39 is 5.82 Å². The Morgan fingerprint density at radius 1 is 1.41 bits per heavy atom. The fraction of sp³-hybridized carbons (Fsp3) is 0.333. The highest BCUT2D eigenvalue weighted by Crippen LogP contribution is 2.26. The number of nitrogens with two attached hydrogens (primary N) is 1. The molecule has 0 unspecified atom stereocenters. The normalized spacial score (nSPS) is 16.1. The van der Waals surface area contributed by atoms with Crippen molar-refractivity contribution >= 4 is 28.8 Å². The molecule has 17 heavy (non-hydrogen) atoms. The van der Waals surface area contributed by atoms with Crippen LogP contribution in [0.3, 0.4) is 0 Å². The molecule has 0 radical (unpaired) electrons. The molecular formula is C12H13FN2OS. The molecule has 1 heterocycles. The predicted molar refractivity (Wildman–Crippen MR) is 68.5 cm³/mol. The number of carbonyl (C=O) groups excluding carboxylic acids is 1. The number of piperidine rings is 1. The monoisotopic (exact) mass is 252 g/mol. The quantitative estimate of drug-likeness (QED) is 0.819. The van der Waals surface area contributed by atoms with Gasteiger partial charge in [-0.25, -0.2) is 4.39 Å². The molecule has 1 aromatic carbocycles. The van der Waals surface area contributed by atoms with Crippen molar-refractivity contribution in [3.63, 3.8) is 0 Å². The Kier molecular flexibility index (Phi) is 3.38. The van der Waals surface area contributed by atoms with E-state index in [1.807, 2.05) is 0 Å². The SMILES string of the molecule is NC(=S)c1c(F)cccc1N1CCCCC1=O. The molecule has 2 N–H and O–H groups in total. The van der Waals surface area contributed by atoms with Crippen LogP contribution >= 0.6 is 12.2 Å². The van der Waals surface area contributed by atoms with Crippen LogP contribution in [0.15, 0.2) is 18.2 Å². The van der Waals surface area contributed by atoms with E-state index in [4.69, 9.17) is 18.0 Å². The molecule has 1 aromatic rings. The first-order chi connectivity index (χ1) is 8.11. The lowest BCUT2D eigenvalue weighted by atomic mass is 10.1. The third-order valence-electron chi connectivity index (χ3n) is 2.85. The fourth-order valence-electron chi connectivity index (χ4n) is 2.04. The Morgan fingerprint density at radius 2 is 2.18 bits per heavy atom. The van der Waals surface area contributed by atoms with Gasteiger partial charge in [-0.05, 0) is 25.0 Å². The van der Waals surface area contributed by atoms with Gasteiger partial charge in [-0.1, -0.05) is 18.3 Å². The fourth-order valence-corrected chi connectivity index (χ4v) is 2.24. The summed E-state index contributed by atoms with van der Waals surface area (Å²) in [4.78, 5) is 13.4. The van der Waals surface area contributed by atoms with Gasteiger partial charge >= 0.3 is 0 Å². The third kappa shape index (κ3) is 2.29. The van der Waals surface area contributed by atoms with Crippen LogP contribution < -0.4 is 10.6 Å². The van der Waals surface area contributed by atoms with Crippen molar-refractivity contribution in [3.05, 3.63) is 29.6 Å². The third-order valence-corrected chi connectivity index (χ3v) is 3.06. The Balaban J connectivity index is 2.47. The zero-order valence-corrected chi connectivity index (χ0v) is 10.1. The van der Waals surface area contributed by atoms with Gasteiger partial charge in [0.15, 0.2) is 0 Å². The lowest BCUT2D eigenvalue weighted by Crippen LogP contribution is -2.36. The molecule has 3 nitrogen and oxygen atoms in total. The first kappa shape index (κ1) is 12.0. The summed E-state index contributed by atoms with van der Waals surface area (Å²) in [6, 6.07) is 4.54. The average Bonchev–Trinajstić information content (AvgIpc) is 2.28. The average molecular weight is 252 g/mol. The Bertz CT molecular complexity index is 476. The van der Waals surface area contributed by atoms with Gasteiger partial charge in [-0.3, -0.25) is 4.79 Å². The largest absolute Gasteiger partial charge is 0.389 e. The number of thiocarbonyl (C=S) groups is 1. The van der Waals surface area contributed by atoms with Gasteiger partial charge in [-0.2, -0.15) is 0 Å². The van der Waals surface area contributed by atoms with Crippen LogP contribution in [-0.2, 0) is 4.79 Å². The first-order valence-corrected chi connectivity index (χ1v) is 5.91. The smallest absolute Gasteiger partial charge is 0.226 e. The number of halogens is 1.